The van der Waals surface area contributed by atoms with Crippen LogP contribution >= 0.6 is 11.6 Å². The third kappa shape index (κ3) is 1.81. The first-order valence-corrected chi connectivity index (χ1v) is 5.58. The fourth-order valence-corrected chi connectivity index (χ4v) is 2.08. The highest BCUT2D eigenvalue weighted by molar-refractivity contribution is 6.32. The Labute approximate surface area is 99.2 Å². The van der Waals surface area contributed by atoms with Gasteiger partial charge in [-0.3, -0.25) is 4.79 Å². The smallest absolute Gasteiger partial charge is 0.166 e. The second-order valence-electron chi connectivity index (χ2n) is 4.65. The summed E-state index contributed by atoms with van der Waals surface area (Å²) in [4.78, 5) is 12.0. The van der Waals surface area contributed by atoms with Crippen molar-refractivity contribution in [2.45, 2.75) is 13.3 Å². The highest BCUT2D eigenvalue weighted by Crippen LogP contribution is 2.52. The van der Waals surface area contributed by atoms with Crippen molar-refractivity contribution in [1.29, 1.82) is 0 Å². The molecule has 16 heavy (non-hydrogen) atoms. The summed E-state index contributed by atoms with van der Waals surface area (Å²) < 4.78 is 0. The van der Waals surface area contributed by atoms with E-state index in [0.29, 0.717) is 12.1 Å². The summed E-state index contributed by atoms with van der Waals surface area (Å²) in [7, 11) is 0. The van der Waals surface area contributed by atoms with Crippen LogP contribution in [0.25, 0.3) is 0 Å². The second kappa shape index (κ2) is 3.75. The van der Waals surface area contributed by atoms with Crippen LogP contribution < -0.4 is 5.73 Å². The van der Waals surface area contributed by atoms with Gasteiger partial charge in [-0.05, 0) is 36.6 Å². The van der Waals surface area contributed by atoms with Gasteiger partial charge in [0.15, 0.2) is 5.78 Å². The number of Topliss-reactive ketones (excluding diaryl/α,β-unsaturated/α-hetero) is 1. The Bertz CT molecular complexity index is 447. The first-order valence-electron chi connectivity index (χ1n) is 5.21. The van der Waals surface area contributed by atoms with E-state index in [-0.39, 0.29) is 27.9 Å². The average Bonchev–Trinajstić information content (AvgIpc) is 2.95. The lowest BCUT2D eigenvalue weighted by Crippen LogP contribution is -2.17. The molecule has 1 aliphatic carbocycles. The fraction of sp³-hybridized carbons (Fsp3) is 0.417. The van der Waals surface area contributed by atoms with Crippen LogP contribution in [0.1, 0.15) is 23.7 Å². The molecule has 1 fully saturated rings. The molecular weight excluding hydrogens is 226 g/mol. The Morgan fingerprint density at radius 2 is 2.38 bits per heavy atom. The molecule has 0 aromatic heterocycles. The van der Waals surface area contributed by atoms with E-state index in [2.05, 4.69) is 0 Å². The van der Waals surface area contributed by atoms with Crippen LogP contribution in [0.3, 0.4) is 0 Å². The molecule has 2 atom stereocenters. The predicted octanol–water partition coefficient (Wildman–Crippen LogP) is 2.21. The summed E-state index contributed by atoms with van der Waals surface area (Å²) in [6.45, 7) is 2.53. The third-order valence-corrected chi connectivity index (χ3v) is 3.67. The minimum Gasteiger partial charge on any atom is -0.506 e. The summed E-state index contributed by atoms with van der Waals surface area (Å²) in [5, 5.41) is 9.47. The maximum atomic E-state index is 12.0. The number of aromatic hydroxyl groups is 1. The Kier molecular flexibility index (Phi) is 2.68. The molecule has 2 unspecified atom stereocenters. The van der Waals surface area contributed by atoms with E-state index in [1.807, 2.05) is 6.92 Å². The predicted molar refractivity (Wildman–Crippen MR) is 62.7 cm³/mol. The number of hydrogen-bond acceptors (Lipinski definition) is 3. The van der Waals surface area contributed by atoms with Crippen molar-refractivity contribution in [3.63, 3.8) is 0 Å². The van der Waals surface area contributed by atoms with E-state index in [1.54, 1.807) is 6.07 Å². The molecule has 1 saturated carbocycles. The Morgan fingerprint density at radius 3 is 2.88 bits per heavy atom. The molecule has 4 heteroatoms. The number of phenols is 1. The van der Waals surface area contributed by atoms with Gasteiger partial charge in [0.25, 0.3) is 0 Å². The highest BCUT2D eigenvalue weighted by atomic mass is 35.5. The Hall–Kier alpha value is -1.06. The van der Waals surface area contributed by atoms with Gasteiger partial charge in [-0.1, -0.05) is 18.5 Å². The number of hydrogen-bond donors (Lipinski definition) is 2. The minimum absolute atomic E-state index is 0.00175. The number of carbonyl (C=O) groups excluding carboxylic acids is 1. The van der Waals surface area contributed by atoms with E-state index >= 15 is 0 Å². The van der Waals surface area contributed by atoms with Crippen molar-refractivity contribution >= 4 is 17.4 Å². The van der Waals surface area contributed by atoms with Crippen LogP contribution in [-0.2, 0) is 0 Å². The van der Waals surface area contributed by atoms with E-state index in [0.717, 1.165) is 6.42 Å². The van der Waals surface area contributed by atoms with Gasteiger partial charge in [0.1, 0.15) is 5.75 Å². The number of nitrogens with two attached hydrogens (primary N) is 1. The number of carbonyl (C=O) groups is 1. The lowest BCUT2D eigenvalue weighted by molar-refractivity contribution is 0.0951. The van der Waals surface area contributed by atoms with Crippen LogP contribution in [0.2, 0.25) is 5.02 Å². The maximum Gasteiger partial charge on any atom is 0.166 e. The van der Waals surface area contributed by atoms with Gasteiger partial charge in [-0.15, -0.1) is 0 Å². The van der Waals surface area contributed by atoms with E-state index in [9.17, 15) is 9.90 Å². The molecule has 0 spiro atoms. The monoisotopic (exact) mass is 239 g/mol. The molecular formula is C12H14ClNO2. The molecule has 3 nitrogen and oxygen atoms in total. The lowest BCUT2D eigenvalue weighted by atomic mass is 10.00. The van der Waals surface area contributed by atoms with Gasteiger partial charge < -0.3 is 10.8 Å². The summed E-state index contributed by atoms with van der Waals surface area (Å²) in [5.74, 6) is 0.0589. The van der Waals surface area contributed by atoms with Gasteiger partial charge in [-0.2, -0.15) is 0 Å². The molecule has 0 amide bonds. The van der Waals surface area contributed by atoms with Crippen LogP contribution in [0.4, 0.5) is 0 Å². The maximum absolute atomic E-state index is 12.0. The summed E-state index contributed by atoms with van der Waals surface area (Å²) in [6, 6.07) is 4.55. The first-order chi connectivity index (χ1) is 7.48. The van der Waals surface area contributed by atoms with Gasteiger partial charge in [0.2, 0.25) is 0 Å². The van der Waals surface area contributed by atoms with E-state index < -0.39 is 0 Å². The van der Waals surface area contributed by atoms with Crippen molar-refractivity contribution in [1.82, 2.24) is 0 Å². The average molecular weight is 240 g/mol. The van der Waals surface area contributed by atoms with Crippen molar-refractivity contribution in [2.75, 3.05) is 6.54 Å². The zero-order chi connectivity index (χ0) is 11.9. The SMILES string of the molecule is CC1(CN)CC1C(=O)c1ccc(O)c(Cl)c1. The van der Waals surface area contributed by atoms with Crippen LogP contribution in [0, 0.1) is 11.3 Å². The zero-order valence-electron chi connectivity index (χ0n) is 9.03. The second-order valence-corrected chi connectivity index (χ2v) is 5.05. The number of halogens is 1. The fourth-order valence-electron chi connectivity index (χ4n) is 1.90. The van der Waals surface area contributed by atoms with Crippen LogP contribution in [-0.4, -0.2) is 17.4 Å². The van der Waals surface area contributed by atoms with E-state index in [1.165, 1.54) is 12.1 Å². The topological polar surface area (TPSA) is 63.3 Å². The lowest BCUT2D eigenvalue weighted by Gasteiger charge is -2.07. The van der Waals surface area contributed by atoms with Gasteiger partial charge in [0, 0.05) is 11.5 Å². The largest absolute Gasteiger partial charge is 0.506 e. The Balaban J connectivity index is 2.20. The highest BCUT2D eigenvalue weighted by Gasteiger charge is 2.53. The normalized spacial score (nSPS) is 27.8. The molecule has 0 saturated heterocycles. The molecule has 86 valence electrons. The molecule has 0 radical (unpaired) electrons. The molecule has 1 aromatic carbocycles. The summed E-state index contributed by atoms with van der Waals surface area (Å²) >= 11 is 5.76. The van der Waals surface area contributed by atoms with Crippen molar-refractivity contribution in [3.05, 3.63) is 28.8 Å². The molecule has 3 N–H and O–H groups in total. The number of rotatable bonds is 3. The van der Waals surface area contributed by atoms with E-state index in [4.69, 9.17) is 17.3 Å². The van der Waals surface area contributed by atoms with Gasteiger partial charge in [0.05, 0.1) is 5.02 Å². The third-order valence-electron chi connectivity index (χ3n) is 3.37. The Morgan fingerprint density at radius 1 is 1.69 bits per heavy atom. The van der Waals surface area contributed by atoms with Crippen molar-refractivity contribution in [3.8, 4) is 5.75 Å². The first kappa shape index (κ1) is 11.4. The molecule has 0 aliphatic heterocycles. The number of phenolic OH excluding ortho intramolecular Hbond substituents is 1. The zero-order valence-corrected chi connectivity index (χ0v) is 9.79. The number of benzene rings is 1. The molecule has 0 bridgehead atoms. The number of ketones is 1. The summed E-state index contributed by atoms with van der Waals surface area (Å²) in [5.41, 5.74) is 6.10. The molecule has 0 heterocycles. The van der Waals surface area contributed by atoms with Crippen molar-refractivity contribution < 1.29 is 9.90 Å². The standard InChI is InChI=1S/C12H14ClNO2/c1-12(6-14)5-8(12)11(16)7-2-3-10(15)9(13)4-7/h2-4,8,15H,5-6,14H2,1H3. The van der Waals surface area contributed by atoms with Crippen LogP contribution in [0.5, 0.6) is 5.75 Å². The quantitative estimate of drug-likeness (QED) is 0.795. The molecule has 2 rings (SSSR count). The molecule has 1 aromatic rings. The minimum atomic E-state index is -0.0541. The van der Waals surface area contributed by atoms with Crippen LogP contribution in [0.15, 0.2) is 18.2 Å². The van der Waals surface area contributed by atoms with Crippen molar-refractivity contribution in [2.24, 2.45) is 17.1 Å². The van der Waals surface area contributed by atoms with Gasteiger partial charge >= 0.3 is 0 Å². The molecule has 1 aliphatic rings. The summed E-state index contributed by atoms with van der Waals surface area (Å²) in [6.07, 6.45) is 0.834. The van der Waals surface area contributed by atoms with Gasteiger partial charge in [-0.25, -0.2) is 0 Å².